The third-order valence-electron chi connectivity index (χ3n) is 2.23. The Morgan fingerprint density at radius 3 is 2.53 bits per heavy atom. The molecule has 0 aliphatic heterocycles. The van der Waals surface area contributed by atoms with Crippen LogP contribution in [0, 0.1) is 6.92 Å². The predicted molar refractivity (Wildman–Crippen MR) is 55.8 cm³/mol. The molecular formula is C12H10O3. The van der Waals surface area contributed by atoms with Crippen LogP contribution in [-0.4, -0.2) is 11.1 Å². The Labute approximate surface area is 87.0 Å². The van der Waals surface area contributed by atoms with E-state index >= 15 is 0 Å². The van der Waals surface area contributed by atoms with E-state index in [2.05, 4.69) is 0 Å². The van der Waals surface area contributed by atoms with E-state index in [1.165, 1.54) is 6.07 Å². The van der Waals surface area contributed by atoms with Gasteiger partial charge in [0.2, 0.25) is 5.76 Å². The average Bonchev–Trinajstić information content (AvgIpc) is 2.67. The Bertz CT molecular complexity index is 497. The van der Waals surface area contributed by atoms with Gasteiger partial charge in [0.1, 0.15) is 5.76 Å². The van der Waals surface area contributed by atoms with Gasteiger partial charge in [-0.05, 0) is 24.6 Å². The molecule has 0 bridgehead atoms. The van der Waals surface area contributed by atoms with Crippen molar-refractivity contribution in [2.75, 3.05) is 0 Å². The number of aromatic carboxylic acids is 1. The second-order valence-electron chi connectivity index (χ2n) is 3.28. The summed E-state index contributed by atoms with van der Waals surface area (Å²) >= 11 is 0. The molecule has 2 rings (SSSR count). The lowest BCUT2D eigenvalue weighted by atomic mass is 10.1. The molecule has 0 amide bonds. The molecule has 0 aliphatic carbocycles. The zero-order chi connectivity index (χ0) is 10.8. The zero-order valence-corrected chi connectivity index (χ0v) is 8.23. The molecule has 0 radical (unpaired) electrons. The Hall–Kier alpha value is -2.03. The second kappa shape index (κ2) is 3.61. The highest BCUT2D eigenvalue weighted by Gasteiger charge is 2.11. The summed E-state index contributed by atoms with van der Waals surface area (Å²) in [5.41, 5.74) is 1.98. The van der Waals surface area contributed by atoms with Crippen molar-refractivity contribution < 1.29 is 14.3 Å². The molecule has 1 heterocycles. The number of hydrogen-bond donors (Lipinski definition) is 1. The lowest BCUT2D eigenvalue weighted by molar-refractivity contribution is 0.0663. The van der Waals surface area contributed by atoms with Crippen molar-refractivity contribution in [1.29, 1.82) is 0 Å². The van der Waals surface area contributed by atoms with Crippen LogP contribution in [0.2, 0.25) is 0 Å². The molecule has 76 valence electrons. The molecule has 1 N–H and O–H groups in total. The molecule has 0 saturated heterocycles. The van der Waals surface area contributed by atoms with E-state index in [4.69, 9.17) is 9.52 Å². The van der Waals surface area contributed by atoms with Gasteiger partial charge in [0.15, 0.2) is 0 Å². The van der Waals surface area contributed by atoms with Crippen LogP contribution in [0.1, 0.15) is 16.1 Å². The Kier molecular flexibility index (Phi) is 2.29. The number of benzene rings is 1. The van der Waals surface area contributed by atoms with Crippen LogP contribution >= 0.6 is 0 Å². The summed E-state index contributed by atoms with van der Waals surface area (Å²) in [5, 5.41) is 8.72. The van der Waals surface area contributed by atoms with Gasteiger partial charge >= 0.3 is 5.97 Å². The molecule has 1 aromatic carbocycles. The van der Waals surface area contributed by atoms with E-state index in [9.17, 15) is 4.79 Å². The fourth-order valence-electron chi connectivity index (χ4n) is 1.45. The summed E-state index contributed by atoms with van der Waals surface area (Å²) in [6, 6.07) is 10.8. The van der Waals surface area contributed by atoms with Gasteiger partial charge in [-0.3, -0.25) is 0 Å². The van der Waals surface area contributed by atoms with Crippen molar-refractivity contribution >= 4 is 5.97 Å². The Morgan fingerprint density at radius 2 is 1.93 bits per heavy atom. The topological polar surface area (TPSA) is 50.4 Å². The highest BCUT2D eigenvalue weighted by molar-refractivity contribution is 5.85. The molecule has 0 spiro atoms. The minimum atomic E-state index is -1.05. The summed E-state index contributed by atoms with van der Waals surface area (Å²) in [7, 11) is 0. The number of carboxylic acid groups (broad SMARTS) is 1. The van der Waals surface area contributed by atoms with Gasteiger partial charge in [0.25, 0.3) is 0 Å². The largest absolute Gasteiger partial charge is 0.475 e. The summed E-state index contributed by atoms with van der Waals surface area (Å²) < 4.78 is 5.21. The van der Waals surface area contributed by atoms with E-state index in [0.717, 1.165) is 11.1 Å². The van der Waals surface area contributed by atoms with Crippen molar-refractivity contribution in [1.82, 2.24) is 0 Å². The summed E-state index contributed by atoms with van der Waals surface area (Å²) in [5.74, 6) is -0.492. The number of carboxylic acids is 1. The van der Waals surface area contributed by atoms with E-state index in [0.29, 0.717) is 5.76 Å². The first-order valence-electron chi connectivity index (χ1n) is 4.57. The fourth-order valence-corrected chi connectivity index (χ4v) is 1.45. The zero-order valence-electron chi connectivity index (χ0n) is 8.23. The number of furan rings is 1. The summed E-state index contributed by atoms with van der Waals surface area (Å²) in [6.07, 6.45) is 0. The first-order valence-corrected chi connectivity index (χ1v) is 4.57. The number of carbonyl (C=O) groups is 1. The number of hydrogen-bond acceptors (Lipinski definition) is 2. The molecule has 0 aliphatic rings. The van der Waals surface area contributed by atoms with Crippen LogP contribution < -0.4 is 0 Å². The molecule has 15 heavy (non-hydrogen) atoms. The first-order chi connectivity index (χ1) is 7.18. The van der Waals surface area contributed by atoms with E-state index in [-0.39, 0.29) is 5.76 Å². The highest BCUT2D eigenvalue weighted by atomic mass is 16.4. The van der Waals surface area contributed by atoms with Crippen LogP contribution in [0.25, 0.3) is 11.3 Å². The quantitative estimate of drug-likeness (QED) is 0.814. The smallest absolute Gasteiger partial charge is 0.371 e. The maximum Gasteiger partial charge on any atom is 0.371 e. The molecule has 3 heteroatoms. The van der Waals surface area contributed by atoms with Crippen LogP contribution in [0.3, 0.4) is 0 Å². The van der Waals surface area contributed by atoms with E-state index in [1.807, 2.05) is 31.2 Å². The minimum Gasteiger partial charge on any atom is -0.475 e. The molecule has 3 nitrogen and oxygen atoms in total. The van der Waals surface area contributed by atoms with Crippen LogP contribution in [0.4, 0.5) is 0 Å². The predicted octanol–water partition coefficient (Wildman–Crippen LogP) is 2.95. The monoisotopic (exact) mass is 202 g/mol. The second-order valence-corrected chi connectivity index (χ2v) is 3.28. The van der Waals surface area contributed by atoms with Gasteiger partial charge in [-0.15, -0.1) is 0 Å². The maximum atomic E-state index is 10.6. The van der Waals surface area contributed by atoms with E-state index in [1.54, 1.807) is 6.07 Å². The van der Waals surface area contributed by atoms with Gasteiger partial charge in [-0.1, -0.05) is 24.3 Å². The molecule has 0 atom stereocenters. The van der Waals surface area contributed by atoms with Crippen molar-refractivity contribution in [3.63, 3.8) is 0 Å². The van der Waals surface area contributed by atoms with Crippen LogP contribution in [0.5, 0.6) is 0 Å². The molecule has 1 aromatic heterocycles. The van der Waals surface area contributed by atoms with E-state index < -0.39 is 5.97 Å². The Balaban J connectivity index is 2.46. The van der Waals surface area contributed by atoms with Gasteiger partial charge in [0.05, 0.1) is 0 Å². The minimum absolute atomic E-state index is 0.0340. The first kappa shape index (κ1) is 9.52. The van der Waals surface area contributed by atoms with Crippen molar-refractivity contribution in [2.24, 2.45) is 0 Å². The maximum absolute atomic E-state index is 10.6. The van der Waals surface area contributed by atoms with Gasteiger partial charge < -0.3 is 9.52 Å². The van der Waals surface area contributed by atoms with Gasteiger partial charge in [-0.2, -0.15) is 0 Å². The normalized spacial score (nSPS) is 10.2. The molecule has 2 aromatic rings. The number of aryl methyl sites for hydroxylation is 1. The van der Waals surface area contributed by atoms with Crippen molar-refractivity contribution in [3.05, 3.63) is 47.7 Å². The lowest BCUT2D eigenvalue weighted by Crippen LogP contribution is -1.91. The van der Waals surface area contributed by atoms with Crippen molar-refractivity contribution in [3.8, 4) is 11.3 Å². The SMILES string of the molecule is Cc1ccccc1-c1ccc(C(=O)O)o1. The third kappa shape index (κ3) is 1.76. The average molecular weight is 202 g/mol. The fraction of sp³-hybridized carbons (Fsp3) is 0.0833. The number of rotatable bonds is 2. The van der Waals surface area contributed by atoms with Crippen molar-refractivity contribution in [2.45, 2.75) is 6.92 Å². The summed E-state index contributed by atoms with van der Waals surface area (Å²) in [6.45, 7) is 1.96. The third-order valence-corrected chi connectivity index (χ3v) is 2.23. The van der Waals surface area contributed by atoms with Gasteiger partial charge in [-0.25, -0.2) is 4.79 Å². The Morgan fingerprint density at radius 1 is 1.20 bits per heavy atom. The van der Waals surface area contributed by atoms with Crippen LogP contribution in [-0.2, 0) is 0 Å². The highest BCUT2D eigenvalue weighted by Crippen LogP contribution is 2.25. The molecule has 0 saturated carbocycles. The molecule has 0 fully saturated rings. The van der Waals surface area contributed by atoms with Gasteiger partial charge in [0, 0.05) is 5.56 Å². The molecule has 0 unspecified atom stereocenters. The lowest BCUT2D eigenvalue weighted by Gasteiger charge is -2.00. The molecular weight excluding hydrogens is 192 g/mol. The standard InChI is InChI=1S/C12H10O3/c1-8-4-2-3-5-9(8)10-6-7-11(15-10)12(13)14/h2-7H,1H3,(H,13,14). The summed E-state index contributed by atoms with van der Waals surface area (Å²) in [4.78, 5) is 10.6. The van der Waals surface area contributed by atoms with Crippen LogP contribution in [0.15, 0.2) is 40.8 Å².